The van der Waals surface area contributed by atoms with Gasteiger partial charge in [-0.05, 0) is 61.4 Å². The quantitative estimate of drug-likeness (QED) is 0.242. The van der Waals surface area contributed by atoms with Crippen molar-refractivity contribution in [3.63, 3.8) is 0 Å². The van der Waals surface area contributed by atoms with Gasteiger partial charge in [-0.2, -0.15) is 0 Å². The minimum absolute atomic E-state index is 0.369. The molecule has 0 amide bonds. The molecule has 29 heavy (non-hydrogen) atoms. The minimum atomic E-state index is 0.369. The summed E-state index contributed by atoms with van der Waals surface area (Å²) in [5.74, 6) is 0.869. The molecule has 0 saturated heterocycles. The maximum Gasteiger partial charge on any atom is 0.119 e. The van der Waals surface area contributed by atoms with Crippen molar-refractivity contribution in [2.24, 2.45) is 0 Å². The number of benzene rings is 2. The van der Waals surface area contributed by atoms with Gasteiger partial charge >= 0.3 is 0 Å². The zero-order chi connectivity index (χ0) is 20.7. The average molecular weight is 393 g/mol. The van der Waals surface area contributed by atoms with Crippen LogP contribution in [0.5, 0.6) is 5.75 Å². The first-order valence-electron chi connectivity index (χ1n) is 10.9. The zero-order valence-corrected chi connectivity index (χ0v) is 18.1. The first-order valence-corrected chi connectivity index (χ1v) is 10.9. The SMILES string of the molecule is C=CCOc1ccc(-c2ccc(C=CCCCC(C)OCCCCC)cc2)cc1. The molecule has 1 unspecified atom stereocenters. The van der Waals surface area contributed by atoms with Gasteiger partial charge in [-0.1, -0.05) is 81.0 Å². The molecule has 0 heterocycles. The van der Waals surface area contributed by atoms with Crippen LogP contribution in [0.25, 0.3) is 17.2 Å². The van der Waals surface area contributed by atoms with Gasteiger partial charge in [0.05, 0.1) is 6.10 Å². The first kappa shape index (κ1) is 23.0. The van der Waals surface area contributed by atoms with Crippen molar-refractivity contribution in [3.8, 4) is 16.9 Å². The van der Waals surface area contributed by atoms with Crippen LogP contribution in [-0.2, 0) is 4.74 Å². The molecular weight excluding hydrogens is 356 g/mol. The van der Waals surface area contributed by atoms with E-state index in [1.54, 1.807) is 6.08 Å². The lowest BCUT2D eigenvalue weighted by Crippen LogP contribution is -2.08. The normalized spacial score (nSPS) is 12.2. The lowest BCUT2D eigenvalue weighted by Gasteiger charge is -2.12. The highest BCUT2D eigenvalue weighted by atomic mass is 16.5. The Balaban J connectivity index is 1.72. The predicted molar refractivity (Wildman–Crippen MR) is 125 cm³/mol. The molecule has 0 radical (unpaired) electrons. The van der Waals surface area contributed by atoms with E-state index in [-0.39, 0.29) is 0 Å². The van der Waals surface area contributed by atoms with Crippen LogP contribution >= 0.6 is 0 Å². The molecule has 0 saturated carbocycles. The number of ether oxygens (including phenoxy) is 2. The van der Waals surface area contributed by atoms with Crippen LogP contribution in [0.1, 0.15) is 57.9 Å². The van der Waals surface area contributed by atoms with Crippen molar-refractivity contribution in [1.29, 1.82) is 0 Å². The molecule has 0 fully saturated rings. The molecule has 0 aromatic heterocycles. The van der Waals surface area contributed by atoms with Crippen LogP contribution in [0.3, 0.4) is 0 Å². The fourth-order valence-electron chi connectivity index (χ4n) is 3.15. The maximum atomic E-state index is 5.85. The highest BCUT2D eigenvalue weighted by molar-refractivity contribution is 5.66. The van der Waals surface area contributed by atoms with E-state index in [1.165, 1.54) is 42.4 Å². The van der Waals surface area contributed by atoms with Gasteiger partial charge in [0.2, 0.25) is 0 Å². The molecule has 2 aromatic rings. The lowest BCUT2D eigenvalue weighted by atomic mass is 10.0. The smallest absolute Gasteiger partial charge is 0.119 e. The second-order valence-electron chi connectivity index (χ2n) is 7.47. The van der Waals surface area contributed by atoms with Crippen LogP contribution in [0, 0.1) is 0 Å². The Labute approximate surface area is 177 Å². The van der Waals surface area contributed by atoms with Gasteiger partial charge in [0.15, 0.2) is 0 Å². The summed E-state index contributed by atoms with van der Waals surface area (Å²) in [5, 5.41) is 0. The fourth-order valence-corrected chi connectivity index (χ4v) is 3.15. The van der Waals surface area contributed by atoms with Gasteiger partial charge in [-0.15, -0.1) is 0 Å². The second-order valence-corrected chi connectivity index (χ2v) is 7.47. The molecule has 0 spiro atoms. The third-order valence-electron chi connectivity index (χ3n) is 4.91. The summed E-state index contributed by atoms with van der Waals surface area (Å²) < 4.78 is 11.4. The average Bonchev–Trinajstić information content (AvgIpc) is 2.76. The highest BCUT2D eigenvalue weighted by Gasteiger charge is 2.01. The largest absolute Gasteiger partial charge is 0.490 e. The topological polar surface area (TPSA) is 18.5 Å². The second kappa shape index (κ2) is 13.8. The van der Waals surface area contributed by atoms with E-state index in [0.29, 0.717) is 12.7 Å². The molecule has 156 valence electrons. The summed E-state index contributed by atoms with van der Waals surface area (Å²) in [7, 11) is 0. The molecule has 2 rings (SSSR count). The van der Waals surface area contributed by atoms with Gasteiger partial charge < -0.3 is 9.47 Å². The molecule has 2 nitrogen and oxygen atoms in total. The Hall–Kier alpha value is -2.32. The van der Waals surface area contributed by atoms with Crippen LogP contribution in [0.2, 0.25) is 0 Å². The molecule has 0 bridgehead atoms. The van der Waals surface area contributed by atoms with E-state index in [9.17, 15) is 0 Å². The molecule has 0 N–H and O–H groups in total. The molecule has 0 aliphatic carbocycles. The summed E-state index contributed by atoms with van der Waals surface area (Å²) in [5.41, 5.74) is 3.65. The van der Waals surface area contributed by atoms with Gasteiger partial charge in [-0.25, -0.2) is 0 Å². The molecule has 2 heteroatoms. The summed E-state index contributed by atoms with van der Waals surface area (Å²) in [6.45, 7) is 9.52. The Morgan fingerprint density at radius 2 is 1.62 bits per heavy atom. The standard InChI is InChI=1S/C27H36O2/c1-4-6-10-22-28-23(3)11-8-7-9-12-24-13-15-25(16-14-24)26-17-19-27(20-18-26)29-21-5-2/h5,9,12-20,23H,2,4,6-8,10-11,21-22H2,1,3H3. The number of allylic oxidation sites excluding steroid dienone is 1. The Kier molecular flexibility index (Phi) is 10.9. The van der Waals surface area contributed by atoms with Crippen LogP contribution in [0.15, 0.2) is 67.3 Å². The molecule has 1 atom stereocenters. The van der Waals surface area contributed by atoms with Gasteiger partial charge in [0.1, 0.15) is 12.4 Å². The van der Waals surface area contributed by atoms with E-state index in [2.05, 4.69) is 69.0 Å². The number of hydrogen-bond donors (Lipinski definition) is 0. The molecule has 2 aromatic carbocycles. The van der Waals surface area contributed by atoms with Crippen molar-refractivity contribution in [2.45, 2.75) is 58.5 Å². The lowest BCUT2D eigenvalue weighted by molar-refractivity contribution is 0.0566. The Morgan fingerprint density at radius 1 is 0.931 bits per heavy atom. The van der Waals surface area contributed by atoms with Gasteiger partial charge in [-0.3, -0.25) is 0 Å². The minimum Gasteiger partial charge on any atom is -0.490 e. The Bertz CT molecular complexity index is 713. The maximum absolute atomic E-state index is 5.85. The van der Waals surface area contributed by atoms with E-state index in [0.717, 1.165) is 25.2 Å². The molecule has 0 aliphatic heterocycles. The van der Waals surface area contributed by atoms with Crippen LogP contribution in [-0.4, -0.2) is 19.3 Å². The van der Waals surface area contributed by atoms with Crippen molar-refractivity contribution in [2.75, 3.05) is 13.2 Å². The van der Waals surface area contributed by atoms with Crippen molar-refractivity contribution < 1.29 is 9.47 Å². The van der Waals surface area contributed by atoms with E-state index in [4.69, 9.17) is 9.47 Å². The summed E-state index contributed by atoms with van der Waals surface area (Å²) in [4.78, 5) is 0. The summed E-state index contributed by atoms with van der Waals surface area (Å²) in [6, 6.07) is 16.9. The van der Waals surface area contributed by atoms with E-state index >= 15 is 0 Å². The van der Waals surface area contributed by atoms with Gasteiger partial charge in [0.25, 0.3) is 0 Å². The zero-order valence-electron chi connectivity index (χ0n) is 18.1. The molecular formula is C27H36O2. The van der Waals surface area contributed by atoms with E-state index < -0.39 is 0 Å². The summed E-state index contributed by atoms with van der Waals surface area (Å²) in [6.07, 6.45) is 13.7. The van der Waals surface area contributed by atoms with Crippen molar-refractivity contribution >= 4 is 6.08 Å². The third-order valence-corrected chi connectivity index (χ3v) is 4.91. The Morgan fingerprint density at radius 3 is 2.28 bits per heavy atom. The monoisotopic (exact) mass is 392 g/mol. The predicted octanol–water partition coefficient (Wildman–Crippen LogP) is 7.70. The highest BCUT2D eigenvalue weighted by Crippen LogP contribution is 2.23. The summed E-state index contributed by atoms with van der Waals surface area (Å²) >= 11 is 0. The first-order chi connectivity index (χ1) is 14.2. The van der Waals surface area contributed by atoms with Crippen LogP contribution in [0.4, 0.5) is 0 Å². The molecule has 0 aliphatic rings. The van der Waals surface area contributed by atoms with Crippen molar-refractivity contribution in [3.05, 3.63) is 72.8 Å². The van der Waals surface area contributed by atoms with Gasteiger partial charge in [0, 0.05) is 6.61 Å². The fraction of sp³-hybridized carbons (Fsp3) is 0.407. The number of hydrogen-bond acceptors (Lipinski definition) is 2. The number of unbranched alkanes of at least 4 members (excludes halogenated alkanes) is 3. The van der Waals surface area contributed by atoms with Crippen molar-refractivity contribution in [1.82, 2.24) is 0 Å². The number of rotatable bonds is 14. The van der Waals surface area contributed by atoms with Crippen LogP contribution < -0.4 is 4.74 Å². The van der Waals surface area contributed by atoms with E-state index in [1.807, 2.05) is 12.1 Å². The third kappa shape index (κ3) is 9.15.